The maximum atomic E-state index is 11.8. The Kier molecular flexibility index (Phi) is 8.85. The molecule has 1 saturated heterocycles. The van der Waals surface area contributed by atoms with Gasteiger partial charge in [-0.15, -0.1) is 24.0 Å². The van der Waals surface area contributed by atoms with Crippen LogP contribution in [0.1, 0.15) is 50.2 Å². The van der Waals surface area contributed by atoms with Crippen LogP contribution in [0, 0.1) is 6.92 Å². The molecule has 1 saturated carbocycles. The monoisotopic (exact) mass is 500 g/mol. The average molecular weight is 500 g/mol. The van der Waals surface area contributed by atoms with Gasteiger partial charge in [0.15, 0.2) is 5.96 Å². The zero-order valence-electron chi connectivity index (χ0n) is 17.1. The lowest BCUT2D eigenvalue weighted by Crippen LogP contribution is -2.50. The van der Waals surface area contributed by atoms with Crippen molar-refractivity contribution in [2.24, 2.45) is 4.99 Å². The van der Waals surface area contributed by atoms with E-state index >= 15 is 0 Å². The minimum absolute atomic E-state index is 0. The first kappa shape index (κ1) is 22.8. The molecule has 1 aliphatic heterocycles. The minimum Gasteiger partial charge on any atom is -0.450 e. The largest absolute Gasteiger partial charge is 0.450 e. The number of piperidine rings is 1. The molecule has 1 amide bonds. The second-order valence-corrected chi connectivity index (χ2v) is 7.38. The van der Waals surface area contributed by atoms with E-state index in [1.165, 1.54) is 11.1 Å². The van der Waals surface area contributed by atoms with Gasteiger partial charge in [0.25, 0.3) is 0 Å². The van der Waals surface area contributed by atoms with Crippen molar-refractivity contribution in [1.29, 1.82) is 0 Å². The summed E-state index contributed by atoms with van der Waals surface area (Å²) >= 11 is 0. The van der Waals surface area contributed by atoms with Crippen LogP contribution in [0.5, 0.6) is 0 Å². The third-order valence-electron chi connectivity index (χ3n) is 5.38. The number of nitrogens with one attached hydrogen (secondary N) is 2. The van der Waals surface area contributed by atoms with Gasteiger partial charge in [0.05, 0.1) is 6.61 Å². The fraction of sp³-hybridized carbons (Fsp3) is 0.619. The Balaban J connectivity index is 0.00000280. The normalized spacial score (nSPS) is 22.2. The first-order valence-corrected chi connectivity index (χ1v) is 10.2. The highest BCUT2D eigenvalue weighted by molar-refractivity contribution is 14.0. The summed E-state index contributed by atoms with van der Waals surface area (Å²) in [4.78, 5) is 18.2. The third-order valence-corrected chi connectivity index (χ3v) is 5.38. The van der Waals surface area contributed by atoms with Crippen LogP contribution in [0.4, 0.5) is 4.79 Å². The van der Waals surface area contributed by atoms with Crippen molar-refractivity contribution < 1.29 is 9.53 Å². The fourth-order valence-corrected chi connectivity index (χ4v) is 3.78. The molecule has 156 valence electrons. The Hall–Kier alpha value is -1.51. The SMILES string of the molecule is CCN=C(NC1CCN(C(=O)OCC)CC1)NC1CC1c1ccccc1C.I. The highest BCUT2D eigenvalue weighted by Crippen LogP contribution is 2.42. The second kappa shape index (κ2) is 10.9. The van der Waals surface area contributed by atoms with Gasteiger partial charge < -0.3 is 20.3 Å². The summed E-state index contributed by atoms with van der Waals surface area (Å²) in [6, 6.07) is 9.41. The van der Waals surface area contributed by atoms with Crippen molar-refractivity contribution in [1.82, 2.24) is 15.5 Å². The minimum atomic E-state index is -0.199. The van der Waals surface area contributed by atoms with Crippen LogP contribution in [0.3, 0.4) is 0 Å². The molecular formula is C21H33IN4O2. The fourth-order valence-electron chi connectivity index (χ4n) is 3.78. The number of ether oxygens (including phenoxy) is 1. The number of likely N-dealkylation sites (tertiary alicyclic amines) is 1. The van der Waals surface area contributed by atoms with Crippen molar-refractivity contribution in [3.8, 4) is 0 Å². The van der Waals surface area contributed by atoms with E-state index in [4.69, 9.17) is 4.74 Å². The Morgan fingerprint density at radius 2 is 1.93 bits per heavy atom. The molecule has 3 rings (SSSR count). The van der Waals surface area contributed by atoms with E-state index in [0.29, 0.717) is 24.6 Å². The van der Waals surface area contributed by atoms with Gasteiger partial charge in [-0.3, -0.25) is 4.99 Å². The summed E-state index contributed by atoms with van der Waals surface area (Å²) in [5.41, 5.74) is 2.80. The molecule has 6 nitrogen and oxygen atoms in total. The maximum absolute atomic E-state index is 11.8. The van der Waals surface area contributed by atoms with Gasteiger partial charge in [0, 0.05) is 37.6 Å². The van der Waals surface area contributed by atoms with Gasteiger partial charge in [-0.1, -0.05) is 24.3 Å². The predicted molar refractivity (Wildman–Crippen MR) is 124 cm³/mol. The number of carbonyl (C=O) groups is 1. The number of benzene rings is 1. The molecular weight excluding hydrogens is 467 g/mol. The van der Waals surface area contributed by atoms with Crippen LogP contribution in [-0.4, -0.2) is 55.3 Å². The standard InChI is InChI=1S/C21H32N4O2.HI/c1-4-22-20(23-16-10-12-25(13-11-16)21(26)27-5-2)24-19-14-18(19)17-9-7-6-8-15(17)3;/h6-9,16,18-19H,4-5,10-14H2,1-3H3,(H2,22,23,24);1H. The zero-order chi connectivity index (χ0) is 19.2. The number of guanidine groups is 1. The van der Waals surface area contributed by atoms with Gasteiger partial charge in [-0.2, -0.15) is 0 Å². The molecule has 0 radical (unpaired) electrons. The van der Waals surface area contributed by atoms with Crippen molar-refractivity contribution in [3.05, 3.63) is 35.4 Å². The highest BCUT2D eigenvalue weighted by Gasteiger charge is 2.40. The van der Waals surface area contributed by atoms with Crippen LogP contribution in [0.15, 0.2) is 29.3 Å². The number of hydrogen-bond donors (Lipinski definition) is 2. The number of nitrogens with zero attached hydrogens (tertiary/aromatic N) is 2. The van der Waals surface area contributed by atoms with Crippen molar-refractivity contribution in [3.63, 3.8) is 0 Å². The summed E-state index contributed by atoms with van der Waals surface area (Å²) in [6.07, 6.45) is 2.77. The molecule has 2 aliphatic rings. The smallest absolute Gasteiger partial charge is 0.409 e. The van der Waals surface area contributed by atoms with Gasteiger partial charge in [-0.25, -0.2) is 4.79 Å². The van der Waals surface area contributed by atoms with E-state index in [1.807, 2.05) is 6.92 Å². The lowest BCUT2D eigenvalue weighted by molar-refractivity contribution is 0.0963. The van der Waals surface area contributed by atoms with Gasteiger partial charge in [0.1, 0.15) is 0 Å². The number of rotatable bonds is 5. The molecule has 1 aromatic rings. The number of hydrogen-bond acceptors (Lipinski definition) is 3. The van der Waals surface area contributed by atoms with E-state index < -0.39 is 0 Å². The number of aliphatic imine (C=N–C) groups is 1. The Morgan fingerprint density at radius 3 is 2.57 bits per heavy atom. The lowest BCUT2D eigenvalue weighted by Gasteiger charge is -2.32. The maximum Gasteiger partial charge on any atom is 0.409 e. The van der Waals surface area contributed by atoms with Crippen molar-refractivity contribution >= 4 is 36.0 Å². The molecule has 1 aliphatic carbocycles. The first-order valence-electron chi connectivity index (χ1n) is 10.2. The van der Waals surface area contributed by atoms with E-state index in [2.05, 4.69) is 53.7 Å². The van der Waals surface area contributed by atoms with Gasteiger partial charge in [-0.05, 0) is 51.2 Å². The zero-order valence-corrected chi connectivity index (χ0v) is 19.4. The first-order chi connectivity index (χ1) is 13.1. The number of amides is 1. The molecule has 1 aromatic carbocycles. The van der Waals surface area contributed by atoms with Gasteiger partial charge >= 0.3 is 6.09 Å². The van der Waals surface area contributed by atoms with E-state index in [1.54, 1.807) is 4.90 Å². The molecule has 2 N–H and O–H groups in total. The number of aryl methyl sites for hydroxylation is 1. The molecule has 2 atom stereocenters. The number of carbonyl (C=O) groups excluding carboxylic acids is 1. The molecule has 2 unspecified atom stereocenters. The van der Waals surface area contributed by atoms with E-state index in [-0.39, 0.29) is 30.1 Å². The Labute approximate surface area is 185 Å². The van der Waals surface area contributed by atoms with Crippen molar-refractivity contribution in [2.75, 3.05) is 26.2 Å². The molecule has 28 heavy (non-hydrogen) atoms. The quantitative estimate of drug-likeness (QED) is 0.368. The summed E-state index contributed by atoms with van der Waals surface area (Å²) < 4.78 is 5.09. The summed E-state index contributed by atoms with van der Waals surface area (Å²) in [6.45, 7) is 8.71. The van der Waals surface area contributed by atoms with Crippen LogP contribution in [0.25, 0.3) is 0 Å². The lowest BCUT2D eigenvalue weighted by atomic mass is 10.0. The van der Waals surface area contributed by atoms with Gasteiger partial charge in [0.2, 0.25) is 0 Å². The Morgan fingerprint density at radius 1 is 1.21 bits per heavy atom. The molecule has 0 aromatic heterocycles. The summed E-state index contributed by atoms with van der Waals surface area (Å²) in [7, 11) is 0. The van der Waals surface area contributed by atoms with Crippen LogP contribution in [-0.2, 0) is 4.74 Å². The number of halogens is 1. The molecule has 0 bridgehead atoms. The summed E-state index contributed by atoms with van der Waals surface area (Å²) in [5.74, 6) is 1.47. The van der Waals surface area contributed by atoms with E-state index in [0.717, 1.165) is 44.9 Å². The van der Waals surface area contributed by atoms with Crippen LogP contribution < -0.4 is 10.6 Å². The molecule has 2 fully saturated rings. The molecule has 7 heteroatoms. The Bertz CT molecular complexity index is 674. The average Bonchev–Trinajstić information content (AvgIpc) is 3.42. The summed E-state index contributed by atoms with van der Waals surface area (Å²) in [5, 5.41) is 7.17. The second-order valence-electron chi connectivity index (χ2n) is 7.38. The van der Waals surface area contributed by atoms with Crippen LogP contribution >= 0.6 is 24.0 Å². The molecule has 0 spiro atoms. The van der Waals surface area contributed by atoms with Crippen LogP contribution in [0.2, 0.25) is 0 Å². The molecule has 1 heterocycles. The van der Waals surface area contributed by atoms with E-state index in [9.17, 15) is 4.79 Å². The topological polar surface area (TPSA) is 66.0 Å². The van der Waals surface area contributed by atoms with Crippen molar-refractivity contribution in [2.45, 2.75) is 58.0 Å². The highest BCUT2D eigenvalue weighted by atomic mass is 127. The third kappa shape index (κ3) is 5.99. The predicted octanol–water partition coefficient (Wildman–Crippen LogP) is 3.64.